The normalized spacial score (nSPS) is 17.8. The second-order valence-corrected chi connectivity index (χ2v) is 8.25. The molecule has 1 aliphatic heterocycles. The van der Waals surface area contributed by atoms with Crippen LogP contribution in [0.4, 0.5) is 0 Å². The lowest BCUT2D eigenvalue weighted by atomic mass is 10.0. The first-order valence-electron chi connectivity index (χ1n) is 9.36. The van der Waals surface area contributed by atoms with E-state index in [0.29, 0.717) is 24.5 Å². The minimum absolute atomic E-state index is 0.00961. The second-order valence-electron chi connectivity index (χ2n) is 7.18. The predicted molar refractivity (Wildman–Crippen MR) is 109 cm³/mol. The number of hydrogen-bond donors (Lipinski definition) is 1. The SMILES string of the molecule is COc1ccc([C@@H]2SCC(=O)N2[C@@H](CC(C)C)C(=O)NCc2ccco2)cc1. The van der Waals surface area contributed by atoms with Gasteiger partial charge in [0.2, 0.25) is 11.8 Å². The fourth-order valence-electron chi connectivity index (χ4n) is 3.30. The molecule has 0 bridgehead atoms. The van der Waals surface area contributed by atoms with E-state index < -0.39 is 6.04 Å². The van der Waals surface area contributed by atoms with Crippen LogP contribution in [-0.2, 0) is 16.1 Å². The van der Waals surface area contributed by atoms with Crippen LogP contribution in [0.15, 0.2) is 47.1 Å². The Bertz CT molecular complexity index is 789. The van der Waals surface area contributed by atoms with Crippen LogP contribution in [0.2, 0.25) is 0 Å². The highest BCUT2D eigenvalue weighted by Gasteiger charge is 2.41. The van der Waals surface area contributed by atoms with Crippen LogP contribution >= 0.6 is 11.8 Å². The molecule has 1 saturated heterocycles. The highest BCUT2D eigenvalue weighted by molar-refractivity contribution is 8.00. The fraction of sp³-hybridized carbons (Fsp3) is 0.429. The topological polar surface area (TPSA) is 71.8 Å². The number of methoxy groups -OCH3 is 1. The summed E-state index contributed by atoms with van der Waals surface area (Å²) in [4.78, 5) is 27.5. The summed E-state index contributed by atoms with van der Waals surface area (Å²) in [5.74, 6) is 1.93. The zero-order valence-corrected chi connectivity index (χ0v) is 17.2. The first-order valence-corrected chi connectivity index (χ1v) is 10.4. The van der Waals surface area contributed by atoms with E-state index in [1.807, 2.05) is 30.3 Å². The maximum absolute atomic E-state index is 13.0. The molecular formula is C21H26N2O4S. The van der Waals surface area contributed by atoms with Gasteiger partial charge in [-0.2, -0.15) is 0 Å². The molecule has 0 radical (unpaired) electrons. The number of furan rings is 1. The van der Waals surface area contributed by atoms with Gasteiger partial charge in [-0.15, -0.1) is 11.8 Å². The highest BCUT2D eigenvalue weighted by Crippen LogP contribution is 2.41. The van der Waals surface area contributed by atoms with Gasteiger partial charge >= 0.3 is 0 Å². The van der Waals surface area contributed by atoms with Gasteiger partial charge in [0, 0.05) is 0 Å². The number of carbonyl (C=O) groups is 2. The summed E-state index contributed by atoms with van der Waals surface area (Å²) in [7, 11) is 1.62. The molecule has 0 spiro atoms. The summed E-state index contributed by atoms with van der Waals surface area (Å²) in [6.07, 6.45) is 2.18. The number of nitrogens with one attached hydrogen (secondary N) is 1. The van der Waals surface area contributed by atoms with Gasteiger partial charge in [-0.05, 0) is 42.2 Å². The summed E-state index contributed by atoms with van der Waals surface area (Å²) in [6.45, 7) is 4.43. The third-order valence-corrected chi connectivity index (χ3v) is 5.88. The maximum atomic E-state index is 13.0. The molecule has 28 heavy (non-hydrogen) atoms. The number of amides is 2. The number of benzene rings is 1. The van der Waals surface area contributed by atoms with Gasteiger partial charge in [0.1, 0.15) is 22.9 Å². The van der Waals surface area contributed by atoms with Crippen molar-refractivity contribution in [1.29, 1.82) is 0 Å². The van der Waals surface area contributed by atoms with Gasteiger partial charge in [-0.25, -0.2) is 0 Å². The molecule has 1 aliphatic rings. The Morgan fingerprint density at radius 1 is 1.32 bits per heavy atom. The summed E-state index contributed by atoms with van der Waals surface area (Å²) < 4.78 is 10.5. The molecule has 2 atom stereocenters. The molecule has 3 rings (SSSR count). The average Bonchev–Trinajstić information content (AvgIpc) is 3.34. The second kappa shape index (κ2) is 9.19. The first-order chi connectivity index (χ1) is 13.5. The summed E-state index contributed by atoms with van der Waals surface area (Å²) in [6, 6.07) is 10.7. The Morgan fingerprint density at radius 2 is 2.07 bits per heavy atom. The van der Waals surface area contributed by atoms with E-state index in [9.17, 15) is 9.59 Å². The molecule has 1 N–H and O–H groups in total. The lowest BCUT2D eigenvalue weighted by molar-refractivity contribution is -0.139. The molecule has 0 unspecified atom stereocenters. The van der Waals surface area contributed by atoms with Crippen molar-refractivity contribution in [3.63, 3.8) is 0 Å². The monoisotopic (exact) mass is 402 g/mol. The third kappa shape index (κ3) is 4.70. The number of thioether (sulfide) groups is 1. The van der Waals surface area contributed by atoms with Gasteiger partial charge in [-0.1, -0.05) is 26.0 Å². The Labute approximate surface area is 169 Å². The zero-order valence-electron chi connectivity index (χ0n) is 16.4. The quantitative estimate of drug-likeness (QED) is 0.731. The van der Waals surface area contributed by atoms with E-state index in [2.05, 4.69) is 19.2 Å². The Hall–Kier alpha value is -2.41. The molecule has 0 saturated carbocycles. The van der Waals surface area contributed by atoms with E-state index in [1.165, 1.54) is 0 Å². The van der Waals surface area contributed by atoms with Crippen molar-refractivity contribution in [3.05, 3.63) is 54.0 Å². The molecule has 1 aromatic carbocycles. The number of rotatable bonds is 8. The Morgan fingerprint density at radius 3 is 2.68 bits per heavy atom. The summed E-state index contributed by atoms with van der Waals surface area (Å²) in [5, 5.41) is 2.74. The molecule has 2 aromatic rings. The van der Waals surface area contributed by atoms with Crippen LogP contribution in [0.1, 0.15) is 37.0 Å². The predicted octanol–water partition coefficient (Wildman–Crippen LogP) is 3.59. The molecule has 2 amide bonds. The minimum atomic E-state index is -0.524. The van der Waals surface area contributed by atoms with Gasteiger partial charge in [0.15, 0.2) is 0 Å². The van der Waals surface area contributed by atoms with E-state index >= 15 is 0 Å². The molecule has 6 nitrogen and oxygen atoms in total. The third-order valence-electron chi connectivity index (χ3n) is 4.66. The van der Waals surface area contributed by atoms with Crippen LogP contribution in [0.5, 0.6) is 5.75 Å². The van der Waals surface area contributed by atoms with Gasteiger partial charge in [-0.3, -0.25) is 9.59 Å². The van der Waals surface area contributed by atoms with Crippen molar-refractivity contribution < 1.29 is 18.7 Å². The van der Waals surface area contributed by atoms with E-state index in [1.54, 1.807) is 36.1 Å². The van der Waals surface area contributed by atoms with Crippen molar-refractivity contribution in [3.8, 4) is 5.75 Å². The Kier molecular flexibility index (Phi) is 6.67. The minimum Gasteiger partial charge on any atom is -0.497 e. The highest BCUT2D eigenvalue weighted by atomic mass is 32.2. The molecule has 1 fully saturated rings. The van der Waals surface area contributed by atoms with E-state index in [0.717, 1.165) is 11.3 Å². The van der Waals surface area contributed by atoms with Gasteiger partial charge < -0.3 is 19.4 Å². The largest absolute Gasteiger partial charge is 0.497 e. The number of nitrogens with zero attached hydrogens (tertiary/aromatic N) is 1. The zero-order chi connectivity index (χ0) is 20.1. The van der Waals surface area contributed by atoms with Crippen LogP contribution < -0.4 is 10.1 Å². The molecule has 150 valence electrons. The number of ether oxygens (including phenoxy) is 1. The number of carbonyl (C=O) groups excluding carboxylic acids is 2. The van der Waals surface area contributed by atoms with Crippen molar-refractivity contribution >= 4 is 23.6 Å². The van der Waals surface area contributed by atoms with Crippen molar-refractivity contribution in [2.75, 3.05) is 12.9 Å². The van der Waals surface area contributed by atoms with Crippen molar-refractivity contribution in [2.24, 2.45) is 5.92 Å². The van der Waals surface area contributed by atoms with Crippen LogP contribution in [0.25, 0.3) is 0 Å². The van der Waals surface area contributed by atoms with Crippen molar-refractivity contribution in [2.45, 2.75) is 38.2 Å². The molecule has 7 heteroatoms. The van der Waals surface area contributed by atoms with Crippen molar-refractivity contribution in [1.82, 2.24) is 10.2 Å². The smallest absolute Gasteiger partial charge is 0.243 e. The summed E-state index contributed by atoms with van der Waals surface area (Å²) in [5.41, 5.74) is 0.990. The molecule has 0 aliphatic carbocycles. The Balaban J connectivity index is 1.80. The van der Waals surface area contributed by atoms with Crippen LogP contribution in [-0.4, -0.2) is 35.6 Å². The summed E-state index contributed by atoms with van der Waals surface area (Å²) >= 11 is 1.55. The van der Waals surface area contributed by atoms with Crippen LogP contribution in [0.3, 0.4) is 0 Å². The van der Waals surface area contributed by atoms with E-state index in [4.69, 9.17) is 9.15 Å². The lowest BCUT2D eigenvalue weighted by Crippen LogP contribution is -2.49. The fourth-order valence-corrected chi connectivity index (χ4v) is 4.52. The maximum Gasteiger partial charge on any atom is 0.243 e. The van der Waals surface area contributed by atoms with Gasteiger partial charge in [0.25, 0.3) is 0 Å². The standard InChI is InChI=1S/C21H26N2O4S/c1-14(2)11-18(20(25)22-12-17-5-4-10-27-17)23-19(24)13-28-21(23)15-6-8-16(26-3)9-7-15/h4-10,14,18,21H,11-13H2,1-3H3,(H,22,25)/t18-,21-/m0/s1. The first kappa shape index (κ1) is 20.3. The van der Waals surface area contributed by atoms with Gasteiger partial charge in [0.05, 0.1) is 25.7 Å². The molecule has 2 heterocycles. The molecule has 1 aromatic heterocycles. The van der Waals surface area contributed by atoms with E-state index in [-0.39, 0.29) is 23.1 Å². The molecular weight excluding hydrogens is 376 g/mol. The lowest BCUT2D eigenvalue weighted by Gasteiger charge is -2.33. The number of hydrogen-bond acceptors (Lipinski definition) is 5. The average molecular weight is 403 g/mol. The van der Waals surface area contributed by atoms with Crippen LogP contribution in [0, 0.1) is 5.92 Å².